The second kappa shape index (κ2) is 4.89. The number of hydrogen-bond donors (Lipinski definition) is 1. The van der Waals surface area contributed by atoms with E-state index in [-0.39, 0.29) is 11.3 Å². The van der Waals surface area contributed by atoms with Gasteiger partial charge in [0, 0.05) is 5.02 Å². The summed E-state index contributed by atoms with van der Waals surface area (Å²) in [7, 11) is 0. The Kier molecular flexibility index (Phi) is 3.36. The predicted octanol–water partition coefficient (Wildman–Crippen LogP) is 5.93. The van der Waals surface area contributed by atoms with Crippen LogP contribution in [0.2, 0.25) is 10.0 Å². The van der Waals surface area contributed by atoms with Crippen molar-refractivity contribution in [1.82, 2.24) is 0 Å². The largest absolute Gasteiger partial charge is 0.324 e. The van der Waals surface area contributed by atoms with Crippen LogP contribution in [0.5, 0.6) is 0 Å². The smallest absolute Gasteiger partial charge is 0.230 e. The zero-order chi connectivity index (χ0) is 16.5. The fourth-order valence-electron chi connectivity index (χ4n) is 6.55. The lowest BCUT2D eigenvalue weighted by Crippen LogP contribution is -2.58. The summed E-state index contributed by atoms with van der Waals surface area (Å²) in [5, 5.41) is 4.23. The van der Waals surface area contributed by atoms with E-state index in [0.29, 0.717) is 32.5 Å². The molecule has 1 aromatic rings. The van der Waals surface area contributed by atoms with Crippen LogP contribution in [0.1, 0.15) is 52.4 Å². The molecule has 2 unspecified atom stereocenters. The molecule has 4 aliphatic rings. The summed E-state index contributed by atoms with van der Waals surface area (Å²) in [6, 6.07) is 5.22. The summed E-state index contributed by atoms with van der Waals surface area (Å²) in [6.07, 6.45) is 6.89. The first-order valence-electron chi connectivity index (χ1n) is 8.48. The Bertz CT molecular complexity index is 668. The molecular formula is C19H23Cl2NO. The number of benzene rings is 1. The van der Waals surface area contributed by atoms with E-state index >= 15 is 0 Å². The molecule has 4 aliphatic carbocycles. The third kappa shape index (κ3) is 2.59. The van der Waals surface area contributed by atoms with Crippen LogP contribution in [0.25, 0.3) is 0 Å². The highest BCUT2D eigenvalue weighted by atomic mass is 35.5. The van der Waals surface area contributed by atoms with Crippen molar-refractivity contribution in [2.24, 2.45) is 22.2 Å². The molecule has 4 heteroatoms. The SMILES string of the molecule is C[C@]12CC3CC(C(=O)Nc4cc(Cl)ccc4Cl)(C1)C[C@@](C)(C3)C2. The topological polar surface area (TPSA) is 29.1 Å². The minimum Gasteiger partial charge on any atom is -0.324 e. The maximum Gasteiger partial charge on any atom is 0.230 e. The van der Waals surface area contributed by atoms with Crippen LogP contribution in [-0.4, -0.2) is 5.91 Å². The van der Waals surface area contributed by atoms with Crippen LogP contribution in [0.15, 0.2) is 18.2 Å². The van der Waals surface area contributed by atoms with E-state index in [4.69, 9.17) is 23.2 Å². The number of halogens is 2. The molecule has 0 spiro atoms. The molecule has 4 atom stereocenters. The van der Waals surface area contributed by atoms with Crippen LogP contribution >= 0.6 is 23.2 Å². The Hall–Kier alpha value is -0.730. The molecule has 124 valence electrons. The van der Waals surface area contributed by atoms with Gasteiger partial charge >= 0.3 is 0 Å². The number of nitrogens with one attached hydrogen (secondary N) is 1. The fourth-order valence-corrected chi connectivity index (χ4v) is 6.89. The first kappa shape index (κ1) is 15.8. The molecule has 5 rings (SSSR count). The normalized spacial score (nSPS) is 41.1. The van der Waals surface area contributed by atoms with E-state index in [1.165, 1.54) is 19.3 Å². The summed E-state index contributed by atoms with van der Waals surface area (Å²) in [4.78, 5) is 13.2. The van der Waals surface area contributed by atoms with Crippen molar-refractivity contribution in [3.05, 3.63) is 28.2 Å². The Balaban J connectivity index is 1.64. The highest BCUT2D eigenvalue weighted by Gasteiger charge is 2.62. The zero-order valence-corrected chi connectivity index (χ0v) is 15.2. The molecule has 0 saturated heterocycles. The van der Waals surface area contributed by atoms with Gasteiger partial charge in [0.25, 0.3) is 0 Å². The summed E-state index contributed by atoms with van der Waals surface area (Å²) < 4.78 is 0. The van der Waals surface area contributed by atoms with E-state index in [0.717, 1.165) is 19.3 Å². The molecule has 4 fully saturated rings. The van der Waals surface area contributed by atoms with Crippen molar-refractivity contribution < 1.29 is 4.79 Å². The average Bonchev–Trinajstić information content (AvgIpc) is 2.38. The number of carbonyl (C=O) groups is 1. The predicted molar refractivity (Wildman–Crippen MR) is 94.9 cm³/mol. The minimum absolute atomic E-state index is 0.142. The Morgan fingerprint density at radius 2 is 1.74 bits per heavy atom. The Morgan fingerprint density at radius 1 is 1.09 bits per heavy atom. The van der Waals surface area contributed by atoms with Gasteiger partial charge in [0.15, 0.2) is 0 Å². The number of rotatable bonds is 2. The van der Waals surface area contributed by atoms with E-state index < -0.39 is 0 Å². The van der Waals surface area contributed by atoms with Crippen LogP contribution < -0.4 is 5.32 Å². The van der Waals surface area contributed by atoms with Gasteiger partial charge in [0.2, 0.25) is 5.91 Å². The maximum atomic E-state index is 13.2. The number of hydrogen-bond acceptors (Lipinski definition) is 1. The van der Waals surface area contributed by atoms with Crippen molar-refractivity contribution >= 4 is 34.8 Å². The molecule has 1 aromatic carbocycles. The lowest BCUT2D eigenvalue weighted by atomic mass is 9.40. The minimum atomic E-state index is -0.228. The van der Waals surface area contributed by atoms with Gasteiger partial charge in [-0.25, -0.2) is 0 Å². The molecule has 1 N–H and O–H groups in total. The van der Waals surface area contributed by atoms with Crippen molar-refractivity contribution in [2.75, 3.05) is 5.32 Å². The monoisotopic (exact) mass is 351 g/mol. The first-order chi connectivity index (χ1) is 10.7. The molecule has 4 bridgehead atoms. The van der Waals surface area contributed by atoms with Gasteiger partial charge in [-0.05, 0) is 73.5 Å². The van der Waals surface area contributed by atoms with Crippen LogP contribution in [0.3, 0.4) is 0 Å². The summed E-state index contributed by atoms with van der Waals surface area (Å²) in [5.74, 6) is 0.838. The number of amides is 1. The second-order valence-electron chi connectivity index (χ2n) is 8.99. The maximum absolute atomic E-state index is 13.2. The summed E-state index contributed by atoms with van der Waals surface area (Å²) in [5.41, 5.74) is 1.05. The highest BCUT2D eigenvalue weighted by molar-refractivity contribution is 6.35. The molecule has 0 heterocycles. The summed E-state index contributed by atoms with van der Waals surface area (Å²) in [6.45, 7) is 4.76. The van der Waals surface area contributed by atoms with E-state index in [9.17, 15) is 4.79 Å². The highest BCUT2D eigenvalue weighted by Crippen LogP contribution is 2.69. The Morgan fingerprint density at radius 3 is 2.35 bits per heavy atom. The first-order valence-corrected chi connectivity index (χ1v) is 9.23. The van der Waals surface area contributed by atoms with E-state index in [2.05, 4.69) is 19.2 Å². The average molecular weight is 352 g/mol. The molecule has 23 heavy (non-hydrogen) atoms. The fraction of sp³-hybridized carbons (Fsp3) is 0.632. The van der Waals surface area contributed by atoms with Crippen LogP contribution in [0, 0.1) is 22.2 Å². The molecular weight excluding hydrogens is 329 g/mol. The van der Waals surface area contributed by atoms with Gasteiger partial charge < -0.3 is 5.32 Å². The third-order valence-corrected chi connectivity index (χ3v) is 6.85. The lowest BCUT2D eigenvalue weighted by molar-refractivity contribution is -0.165. The van der Waals surface area contributed by atoms with Crippen molar-refractivity contribution in [1.29, 1.82) is 0 Å². The van der Waals surface area contributed by atoms with Gasteiger partial charge in [-0.2, -0.15) is 0 Å². The van der Waals surface area contributed by atoms with Gasteiger partial charge in [-0.3, -0.25) is 4.79 Å². The number of anilines is 1. The van der Waals surface area contributed by atoms with Crippen LogP contribution in [0.4, 0.5) is 5.69 Å². The molecule has 0 aromatic heterocycles. The zero-order valence-electron chi connectivity index (χ0n) is 13.7. The molecule has 2 nitrogen and oxygen atoms in total. The van der Waals surface area contributed by atoms with Gasteiger partial charge in [-0.1, -0.05) is 37.0 Å². The molecule has 1 amide bonds. The van der Waals surface area contributed by atoms with E-state index in [1.807, 2.05) is 0 Å². The standard InChI is InChI=1S/C19H23Cl2NO/c1-17-6-12-7-18(2,9-17)11-19(8-12,10-17)16(23)22-15-5-13(20)3-4-14(15)21/h3-5,12H,6-11H2,1-2H3,(H,22,23)/t12?,17-,18+,19?. The molecule has 0 radical (unpaired) electrons. The third-order valence-electron chi connectivity index (χ3n) is 6.28. The number of carbonyl (C=O) groups excluding carboxylic acids is 1. The van der Waals surface area contributed by atoms with Gasteiger partial charge in [0.05, 0.1) is 16.1 Å². The van der Waals surface area contributed by atoms with Gasteiger partial charge in [0.1, 0.15) is 0 Å². The summed E-state index contributed by atoms with van der Waals surface area (Å²) >= 11 is 12.3. The second-order valence-corrected chi connectivity index (χ2v) is 9.83. The quantitative estimate of drug-likeness (QED) is 0.702. The Labute approximate surface area is 147 Å². The molecule has 4 saturated carbocycles. The van der Waals surface area contributed by atoms with E-state index in [1.54, 1.807) is 18.2 Å². The van der Waals surface area contributed by atoms with Crippen molar-refractivity contribution in [3.8, 4) is 0 Å². The van der Waals surface area contributed by atoms with Gasteiger partial charge in [-0.15, -0.1) is 0 Å². The van der Waals surface area contributed by atoms with Crippen molar-refractivity contribution in [3.63, 3.8) is 0 Å². The van der Waals surface area contributed by atoms with Crippen LogP contribution in [-0.2, 0) is 4.79 Å². The van der Waals surface area contributed by atoms with Crippen molar-refractivity contribution in [2.45, 2.75) is 52.4 Å². The molecule has 0 aliphatic heterocycles. The lowest BCUT2D eigenvalue weighted by Gasteiger charge is -2.64.